The van der Waals surface area contributed by atoms with E-state index in [1.165, 1.54) is 24.2 Å². The lowest BCUT2D eigenvalue weighted by Crippen LogP contribution is -2.30. The molecule has 1 aromatic heterocycles. The Labute approximate surface area is 119 Å². The van der Waals surface area contributed by atoms with Gasteiger partial charge < -0.3 is 14.6 Å². The second-order valence-corrected chi connectivity index (χ2v) is 5.46. The molecule has 2 N–H and O–H groups in total. The molecule has 20 heavy (non-hydrogen) atoms. The van der Waals surface area contributed by atoms with Crippen molar-refractivity contribution in [3.8, 4) is 0 Å². The Balaban J connectivity index is 1.91. The van der Waals surface area contributed by atoms with Gasteiger partial charge >= 0.3 is 7.12 Å². The monoisotopic (exact) mass is 270 g/mol. The number of fused-ring (bicyclic) bond motifs is 1. The summed E-state index contributed by atoms with van der Waals surface area (Å²) in [4.78, 5) is 4.67. The van der Waals surface area contributed by atoms with E-state index in [2.05, 4.69) is 9.55 Å². The highest BCUT2D eigenvalue weighted by Crippen LogP contribution is 2.22. The van der Waals surface area contributed by atoms with Gasteiger partial charge in [-0.2, -0.15) is 0 Å². The SMILES string of the molecule is Cc1nc2c(n1Cc1cccc(B(O)O)c1)CCCC2. The van der Waals surface area contributed by atoms with E-state index in [1.54, 1.807) is 6.07 Å². The lowest BCUT2D eigenvalue weighted by molar-refractivity contribution is 0.425. The van der Waals surface area contributed by atoms with Crippen LogP contribution in [0.4, 0.5) is 0 Å². The van der Waals surface area contributed by atoms with Crippen LogP contribution in [0.15, 0.2) is 24.3 Å². The highest BCUT2D eigenvalue weighted by atomic mass is 16.4. The second-order valence-electron chi connectivity index (χ2n) is 5.46. The summed E-state index contributed by atoms with van der Waals surface area (Å²) in [6.45, 7) is 2.79. The molecule has 0 aliphatic heterocycles. The molecule has 0 atom stereocenters. The summed E-state index contributed by atoms with van der Waals surface area (Å²) in [5.74, 6) is 1.05. The zero-order valence-corrected chi connectivity index (χ0v) is 11.7. The maximum Gasteiger partial charge on any atom is 0.488 e. The smallest absolute Gasteiger partial charge is 0.423 e. The van der Waals surface area contributed by atoms with Crippen LogP contribution in [-0.4, -0.2) is 26.7 Å². The molecule has 0 amide bonds. The van der Waals surface area contributed by atoms with E-state index in [1.807, 2.05) is 25.1 Å². The van der Waals surface area contributed by atoms with Crippen molar-refractivity contribution < 1.29 is 10.0 Å². The van der Waals surface area contributed by atoms with Gasteiger partial charge in [0.25, 0.3) is 0 Å². The number of hydrogen-bond acceptors (Lipinski definition) is 3. The Hall–Kier alpha value is -1.59. The number of aryl methyl sites for hydroxylation is 2. The molecule has 0 radical (unpaired) electrons. The van der Waals surface area contributed by atoms with Gasteiger partial charge in [0.15, 0.2) is 0 Å². The fraction of sp³-hybridized carbons (Fsp3) is 0.400. The third-order valence-corrected chi connectivity index (χ3v) is 4.01. The number of rotatable bonds is 3. The quantitative estimate of drug-likeness (QED) is 0.811. The van der Waals surface area contributed by atoms with E-state index in [0.29, 0.717) is 5.46 Å². The van der Waals surface area contributed by atoms with Gasteiger partial charge in [0, 0.05) is 12.2 Å². The molecular formula is C15H19BN2O2. The van der Waals surface area contributed by atoms with Gasteiger partial charge in [-0.1, -0.05) is 24.3 Å². The van der Waals surface area contributed by atoms with E-state index in [0.717, 1.165) is 30.8 Å². The summed E-state index contributed by atoms with van der Waals surface area (Å²) in [7, 11) is -1.41. The van der Waals surface area contributed by atoms with Gasteiger partial charge in [-0.25, -0.2) is 4.98 Å². The normalized spacial score (nSPS) is 14.2. The molecule has 0 saturated heterocycles. The molecule has 0 spiro atoms. The minimum absolute atomic E-state index is 0.536. The Bertz CT molecular complexity index is 622. The van der Waals surface area contributed by atoms with Crippen LogP contribution >= 0.6 is 0 Å². The molecule has 104 valence electrons. The van der Waals surface area contributed by atoms with Crippen molar-refractivity contribution in [3.05, 3.63) is 47.0 Å². The van der Waals surface area contributed by atoms with Crippen LogP contribution < -0.4 is 5.46 Å². The summed E-state index contributed by atoms with van der Waals surface area (Å²) in [5.41, 5.74) is 4.20. The van der Waals surface area contributed by atoms with Crippen LogP contribution in [0.2, 0.25) is 0 Å². The standard InChI is InChI=1S/C15H19BN2O2/c1-11-17-14-7-2-3-8-15(14)18(11)10-12-5-4-6-13(9-12)16(19)20/h4-6,9,19-20H,2-3,7-8,10H2,1H3. The first-order chi connectivity index (χ1) is 9.65. The predicted octanol–water partition coefficient (Wildman–Crippen LogP) is 0.798. The van der Waals surface area contributed by atoms with Crippen LogP contribution in [0, 0.1) is 6.92 Å². The third kappa shape index (κ3) is 2.51. The number of hydrogen-bond donors (Lipinski definition) is 2. The predicted molar refractivity (Wildman–Crippen MR) is 79.0 cm³/mol. The maximum atomic E-state index is 9.26. The molecule has 0 saturated carbocycles. The summed E-state index contributed by atoms with van der Waals surface area (Å²) < 4.78 is 2.26. The van der Waals surface area contributed by atoms with Crippen molar-refractivity contribution >= 4 is 12.6 Å². The molecule has 3 rings (SSSR count). The fourth-order valence-electron chi connectivity index (χ4n) is 2.98. The van der Waals surface area contributed by atoms with E-state index in [9.17, 15) is 10.0 Å². The molecule has 4 nitrogen and oxygen atoms in total. The highest BCUT2D eigenvalue weighted by Gasteiger charge is 2.18. The Kier molecular flexibility index (Phi) is 3.63. The minimum atomic E-state index is -1.41. The van der Waals surface area contributed by atoms with E-state index >= 15 is 0 Å². The highest BCUT2D eigenvalue weighted by molar-refractivity contribution is 6.58. The summed E-state index contributed by atoms with van der Waals surface area (Å²) in [5, 5.41) is 18.5. The van der Waals surface area contributed by atoms with Crippen LogP contribution in [0.25, 0.3) is 0 Å². The summed E-state index contributed by atoms with van der Waals surface area (Å²) in [6, 6.07) is 7.45. The number of aromatic nitrogens is 2. The van der Waals surface area contributed by atoms with Gasteiger partial charge in [0.05, 0.1) is 5.69 Å². The van der Waals surface area contributed by atoms with E-state index < -0.39 is 7.12 Å². The maximum absolute atomic E-state index is 9.26. The van der Waals surface area contributed by atoms with Gasteiger partial charge in [0.1, 0.15) is 5.82 Å². The third-order valence-electron chi connectivity index (χ3n) is 4.01. The van der Waals surface area contributed by atoms with Crippen molar-refractivity contribution in [2.75, 3.05) is 0 Å². The van der Waals surface area contributed by atoms with Gasteiger partial charge in [-0.05, 0) is 43.6 Å². The summed E-state index contributed by atoms with van der Waals surface area (Å²) >= 11 is 0. The lowest BCUT2D eigenvalue weighted by Gasteiger charge is -2.15. The number of benzene rings is 1. The molecule has 1 aliphatic rings. The molecule has 1 aromatic carbocycles. The second kappa shape index (κ2) is 5.42. The number of nitrogens with zero attached hydrogens (tertiary/aromatic N) is 2. The van der Waals surface area contributed by atoms with Crippen LogP contribution in [0.3, 0.4) is 0 Å². The molecule has 1 aliphatic carbocycles. The van der Waals surface area contributed by atoms with Crippen molar-refractivity contribution in [1.29, 1.82) is 0 Å². The largest absolute Gasteiger partial charge is 0.488 e. The molecule has 0 bridgehead atoms. The van der Waals surface area contributed by atoms with Crippen LogP contribution in [0.5, 0.6) is 0 Å². The Morgan fingerprint density at radius 2 is 2.05 bits per heavy atom. The lowest BCUT2D eigenvalue weighted by atomic mass is 9.79. The van der Waals surface area contributed by atoms with Crippen molar-refractivity contribution in [2.45, 2.75) is 39.2 Å². The zero-order valence-electron chi connectivity index (χ0n) is 11.7. The molecule has 0 unspecified atom stereocenters. The first kappa shape index (κ1) is 13.4. The molecule has 0 fully saturated rings. The Morgan fingerprint density at radius 3 is 2.85 bits per heavy atom. The average molecular weight is 270 g/mol. The van der Waals surface area contributed by atoms with Crippen LogP contribution in [-0.2, 0) is 19.4 Å². The van der Waals surface area contributed by atoms with Crippen molar-refractivity contribution in [3.63, 3.8) is 0 Å². The molecule has 5 heteroatoms. The van der Waals surface area contributed by atoms with Gasteiger partial charge in [-0.15, -0.1) is 0 Å². The average Bonchev–Trinajstić information content (AvgIpc) is 2.76. The van der Waals surface area contributed by atoms with Gasteiger partial charge in [-0.3, -0.25) is 0 Å². The van der Waals surface area contributed by atoms with E-state index in [4.69, 9.17) is 0 Å². The first-order valence-corrected chi connectivity index (χ1v) is 7.15. The minimum Gasteiger partial charge on any atom is -0.423 e. The summed E-state index contributed by atoms with van der Waals surface area (Å²) in [6.07, 6.45) is 4.64. The van der Waals surface area contributed by atoms with Crippen molar-refractivity contribution in [2.24, 2.45) is 0 Å². The molecular weight excluding hydrogens is 251 g/mol. The van der Waals surface area contributed by atoms with Crippen LogP contribution in [0.1, 0.15) is 35.6 Å². The fourth-order valence-corrected chi connectivity index (χ4v) is 2.98. The first-order valence-electron chi connectivity index (χ1n) is 7.15. The molecule has 1 heterocycles. The Morgan fingerprint density at radius 1 is 1.25 bits per heavy atom. The topological polar surface area (TPSA) is 58.3 Å². The van der Waals surface area contributed by atoms with E-state index in [-0.39, 0.29) is 0 Å². The number of imidazole rings is 1. The zero-order chi connectivity index (χ0) is 14.1. The van der Waals surface area contributed by atoms with Gasteiger partial charge in [0.2, 0.25) is 0 Å². The molecule has 2 aromatic rings. The van der Waals surface area contributed by atoms with Crippen molar-refractivity contribution in [1.82, 2.24) is 9.55 Å².